The molecule has 7 heteroatoms. The monoisotopic (exact) mass is 430 g/mol. The molecule has 1 heterocycles. The van der Waals surface area contributed by atoms with Crippen LogP contribution < -0.4 is 4.74 Å². The summed E-state index contributed by atoms with van der Waals surface area (Å²) < 4.78 is 30.2. The normalized spacial score (nSPS) is 12.7. The third-order valence-electron chi connectivity index (χ3n) is 2.29. The van der Waals surface area contributed by atoms with Crippen LogP contribution in [0.5, 0.6) is 5.75 Å². The zero-order valence-electron chi connectivity index (χ0n) is 9.25. The van der Waals surface area contributed by atoms with Crippen molar-refractivity contribution in [3.8, 4) is 5.75 Å². The molecule has 1 aromatic heterocycles. The van der Waals surface area contributed by atoms with Crippen molar-refractivity contribution in [2.75, 3.05) is 0 Å². The molecule has 1 aromatic carbocycles. The van der Waals surface area contributed by atoms with Gasteiger partial charge in [-0.05, 0) is 39.7 Å². The number of halogens is 5. The maximum absolute atomic E-state index is 12.2. The second-order valence-electron chi connectivity index (χ2n) is 3.58. The first kappa shape index (κ1) is 15.2. The third kappa shape index (κ3) is 3.90. The smallest absolute Gasteiger partial charge is 0.387 e. The van der Waals surface area contributed by atoms with E-state index in [9.17, 15) is 8.78 Å². The van der Waals surface area contributed by atoms with Crippen LogP contribution in [0.15, 0.2) is 34.8 Å². The molecule has 0 aliphatic heterocycles. The molecule has 19 heavy (non-hydrogen) atoms. The van der Waals surface area contributed by atoms with Gasteiger partial charge in [-0.1, -0.05) is 39.7 Å². The summed E-state index contributed by atoms with van der Waals surface area (Å²) in [6.45, 7) is -2.82. The van der Waals surface area contributed by atoms with E-state index in [1.807, 2.05) is 12.1 Å². The Kier molecular flexibility index (Phi) is 5.22. The van der Waals surface area contributed by atoms with Crippen LogP contribution in [0.3, 0.4) is 0 Å². The third-order valence-corrected chi connectivity index (χ3v) is 6.15. The van der Waals surface area contributed by atoms with Gasteiger partial charge in [0.25, 0.3) is 0 Å². The molecular weight excluding hydrogens is 425 g/mol. The van der Waals surface area contributed by atoms with Crippen molar-refractivity contribution >= 4 is 54.8 Å². The average Bonchev–Trinajstić information content (AvgIpc) is 2.68. The number of rotatable bonds is 4. The predicted octanol–water partition coefficient (Wildman–Crippen LogP) is 6.25. The van der Waals surface area contributed by atoms with Crippen LogP contribution in [0.1, 0.15) is 15.3 Å². The van der Waals surface area contributed by atoms with E-state index in [4.69, 9.17) is 11.6 Å². The lowest BCUT2D eigenvalue weighted by atomic mass is 10.1. The molecule has 0 aliphatic rings. The number of benzene rings is 1. The molecule has 2 aromatic rings. The highest BCUT2D eigenvalue weighted by atomic mass is 79.9. The summed E-state index contributed by atoms with van der Waals surface area (Å²) in [5.74, 6) is 0.138. The Morgan fingerprint density at radius 2 is 2.00 bits per heavy atom. The van der Waals surface area contributed by atoms with Crippen LogP contribution in [0, 0.1) is 0 Å². The lowest BCUT2D eigenvalue weighted by Crippen LogP contribution is -2.02. The topological polar surface area (TPSA) is 9.23 Å². The SMILES string of the molecule is FC(F)Oc1cccc(C(Br)c2cc(Br)c(Cl)s2)c1. The van der Waals surface area contributed by atoms with Crippen LogP contribution in [-0.2, 0) is 0 Å². The number of thiophene rings is 1. The molecule has 0 saturated carbocycles. The molecule has 0 N–H and O–H groups in total. The summed E-state index contributed by atoms with van der Waals surface area (Å²) in [7, 11) is 0. The lowest BCUT2D eigenvalue weighted by Gasteiger charge is -2.10. The number of hydrogen-bond acceptors (Lipinski definition) is 2. The van der Waals surface area contributed by atoms with E-state index in [1.54, 1.807) is 12.1 Å². The minimum atomic E-state index is -2.82. The molecule has 0 saturated heterocycles. The van der Waals surface area contributed by atoms with Crippen LogP contribution in [0.2, 0.25) is 4.34 Å². The fourth-order valence-electron chi connectivity index (χ4n) is 1.50. The summed E-state index contributed by atoms with van der Waals surface area (Å²) in [5, 5.41) is 0. The van der Waals surface area contributed by atoms with E-state index in [2.05, 4.69) is 36.6 Å². The first-order valence-corrected chi connectivity index (χ1v) is 8.01. The highest BCUT2D eigenvalue weighted by Gasteiger charge is 2.16. The van der Waals surface area contributed by atoms with Gasteiger partial charge in [-0.25, -0.2) is 0 Å². The van der Waals surface area contributed by atoms with Crippen LogP contribution in [-0.4, -0.2) is 6.61 Å². The Bertz CT molecular complexity index is 557. The molecule has 0 aliphatic carbocycles. The number of ether oxygens (including phenoxy) is 1. The zero-order valence-corrected chi connectivity index (χ0v) is 14.0. The highest BCUT2D eigenvalue weighted by molar-refractivity contribution is 9.10. The van der Waals surface area contributed by atoms with Crippen LogP contribution in [0.4, 0.5) is 8.78 Å². The van der Waals surface area contributed by atoms with E-state index in [1.165, 1.54) is 17.4 Å². The average molecular weight is 433 g/mol. The second kappa shape index (κ2) is 6.52. The van der Waals surface area contributed by atoms with Gasteiger partial charge in [0, 0.05) is 9.35 Å². The molecule has 2 rings (SSSR count). The maximum Gasteiger partial charge on any atom is 0.387 e. The van der Waals surface area contributed by atoms with Gasteiger partial charge in [0.05, 0.1) is 4.83 Å². The van der Waals surface area contributed by atoms with Gasteiger partial charge in [-0.3, -0.25) is 0 Å². The van der Waals surface area contributed by atoms with Gasteiger partial charge in [-0.15, -0.1) is 11.3 Å². The van der Waals surface area contributed by atoms with Gasteiger partial charge in [0.15, 0.2) is 0 Å². The molecule has 0 bridgehead atoms. The van der Waals surface area contributed by atoms with Gasteiger partial charge in [0.1, 0.15) is 10.1 Å². The first-order chi connectivity index (χ1) is 8.97. The standard InChI is InChI=1S/C12H7Br2ClF2OS/c13-8-5-9(19-11(8)15)10(14)6-2-1-3-7(4-6)18-12(16)17/h1-5,10,12H. The molecule has 0 fully saturated rings. The summed E-state index contributed by atoms with van der Waals surface area (Å²) in [4.78, 5) is 0.855. The van der Waals surface area contributed by atoms with E-state index >= 15 is 0 Å². The van der Waals surface area contributed by atoms with Crippen molar-refractivity contribution in [3.63, 3.8) is 0 Å². The second-order valence-corrected chi connectivity index (χ2v) is 7.04. The fraction of sp³-hybridized carbons (Fsp3) is 0.167. The Labute approximate surface area is 134 Å². The maximum atomic E-state index is 12.2. The number of alkyl halides is 3. The van der Waals surface area contributed by atoms with E-state index in [0.29, 0.717) is 4.34 Å². The van der Waals surface area contributed by atoms with Gasteiger partial charge in [0.2, 0.25) is 0 Å². The quantitative estimate of drug-likeness (QED) is 0.519. The van der Waals surface area contributed by atoms with E-state index in [0.717, 1.165) is 14.9 Å². The fourth-order valence-corrected chi connectivity index (χ4v) is 3.94. The van der Waals surface area contributed by atoms with Crippen molar-refractivity contribution in [1.29, 1.82) is 0 Å². The predicted molar refractivity (Wildman–Crippen MR) is 80.9 cm³/mol. The van der Waals surface area contributed by atoms with Crippen molar-refractivity contribution < 1.29 is 13.5 Å². The minimum Gasteiger partial charge on any atom is -0.435 e. The molecular formula is C12H7Br2ClF2OS. The largest absolute Gasteiger partial charge is 0.435 e. The van der Waals surface area contributed by atoms with E-state index < -0.39 is 6.61 Å². The molecule has 1 nitrogen and oxygen atoms in total. The van der Waals surface area contributed by atoms with Crippen LogP contribution in [0.25, 0.3) is 0 Å². The summed E-state index contributed by atoms with van der Waals surface area (Å²) in [5.41, 5.74) is 0.823. The van der Waals surface area contributed by atoms with E-state index in [-0.39, 0.29) is 10.6 Å². The zero-order chi connectivity index (χ0) is 14.0. The number of hydrogen-bond donors (Lipinski definition) is 0. The Morgan fingerprint density at radius 1 is 1.26 bits per heavy atom. The molecule has 102 valence electrons. The lowest BCUT2D eigenvalue weighted by molar-refractivity contribution is -0.0498. The van der Waals surface area contributed by atoms with Crippen LogP contribution >= 0.6 is 54.8 Å². The molecule has 0 amide bonds. The van der Waals surface area contributed by atoms with Crippen molar-refractivity contribution in [3.05, 3.63) is 49.6 Å². The highest BCUT2D eigenvalue weighted by Crippen LogP contribution is 2.41. The summed E-state index contributed by atoms with van der Waals surface area (Å²) in [6.07, 6.45) is 0. The Hall–Kier alpha value is -0.170. The van der Waals surface area contributed by atoms with Crippen molar-refractivity contribution in [2.45, 2.75) is 11.4 Å². The molecule has 0 spiro atoms. The molecule has 1 unspecified atom stereocenters. The summed E-state index contributed by atoms with van der Waals surface area (Å²) >= 11 is 14.3. The molecule has 0 radical (unpaired) electrons. The molecule has 1 atom stereocenters. The van der Waals surface area contributed by atoms with Crippen molar-refractivity contribution in [1.82, 2.24) is 0 Å². The van der Waals surface area contributed by atoms with Crippen molar-refractivity contribution in [2.24, 2.45) is 0 Å². The summed E-state index contributed by atoms with van der Waals surface area (Å²) in [6, 6.07) is 8.47. The van der Waals surface area contributed by atoms with Gasteiger partial charge >= 0.3 is 6.61 Å². The first-order valence-electron chi connectivity index (χ1n) is 5.11. The van der Waals surface area contributed by atoms with Gasteiger partial charge < -0.3 is 4.74 Å². The minimum absolute atomic E-state index is 0.123. The Balaban J connectivity index is 2.25. The Morgan fingerprint density at radius 3 is 2.58 bits per heavy atom. The van der Waals surface area contributed by atoms with Gasteiger partial charge in [-0.2, -0.15) is 8.78 Å².